The number of carbonyl (C=O) groups is 1. The zero-order chi connectivity index (χ0) is 22.1. The molecule has 1 aliphatic rings. The standard InChI is InChI=1S/C18H19ClN4O6S/c1-3-29-18(24)15-8-13(23(25)26)9-20-16(15)5-4-14-11(2)21-22(17(14)19)12-6-7-30(27,28)10-12/h4-5,8-9,12H,3,6-7,10H2,1-2H3/b5-4+/t12-/m1/s1. The summed E-state index contributed by atoms with van der Waals surface area (Å²) in [5, 5.41) is 15.6. The summed E-state index contributed by atoms with van der Waals surface area (Å²) in [6.07, 6.45) is 4.55. The van der Waals surface area contributed by atoms with E-state index in [0.29, 0.717) is 17.7 Å². The lowest BCUT2D eigenvalue weighted by atomic mass is 10.1. The van der Waals surface area contributed by atoms with Crippen molar-refractivity contribution in [2.24, 2.45) is 0 Å². The molecule has 0 radical (unpaired) electrons. The van der Waals surface area contributed by atoms with Crippen LogP contribution in [0.15, 0.2) is 12.3 Å². The normalized spacial score (nSPS) is 18.0. The lowest BCUT2D eigenvalue weighted by Gasteiger charge is -2.09. The van der Waals surface area contributed by atoms with Crippen molar-refractivity contribution < 1.29 is 22.9 Å². The van der Waals surface area contributed by atoms with Crippen molar-refractivity contribution in [2.75, 3.05) is 18.1 Å². The number of ether oxygens (including phenoxy) is 1. The Morgan fingerprint density at radius 1 is 1.47 bits per heavy atom. The molecule has 12 heteroatoms. The maximum absolute atomic E-state index is 12.2. The molecule has 3 rings (SSSR count). The highest BCUT2D eigenvalue weighted by Gasteiger charge is 2.31. The maximum Gasteiger partial charge on any atom is 0.340 e. The third-order valence-electron chi connectivity index (χ3n) is 4.64. The van der Waals surface area contributed by atoms with E-state index in [2.05, 4.69) is 10.1 Å². The van der Waals surface area contributed by atoms with Crippen LogP contribution in [0.5, 0.6) is 0 Å². The van der Waals surface area contributed by atoms with Crippen molar-refractivity contribution in [1.82, 2.24) is 14.8 Å². The fourth-order valence-electron chi connectivity index (χ4n) is 3.16. The van der Waals surface area contributed by atoms with Gasteiger partial charge in [0.25, 0.3) is 5.69 Å². The number of nitro groups is 1. The zero-order valence-electron chi connectivity index (χ0n) is 16.2. The Morgan fingerprint density at radius 3 is 2.80 bits per heavy atom. The fraction of sp³-hybridized carbons (Fsp3) is 0.389. The topological polar surface area (TPSA) is 134 Å². The molecule has 160 valence electrons. The summed E-state index contributed by atoms with van der Waals surface area (Å²) in [5.41, 5.74) is 0.895. The third kappa shape index (κ3) is 4.51. The molecule has 1 atom stereocenters. The highest BCUT2D eigenvalue weighted by Crippen LogP contribution is 2.31. The second-order valence-electron chi connectivity index (χ2n) is 6.73. The van der Waals surface area contributed by atoms with Crippen molar-refractivity contribution in [3.63, 3.8) is 0 Å². The number of aryl methyl sites for hydroxylation is 1. The van der Waals surface area contributed by atoms with E-state index in [1.807, 2.05) is 0 Å². The van der Waals surface area contributed by atoms with Gasteiger partial charge in [-0.25, -0.2) is 22.9 Å². The minimum Gasteiger partial charge on any atom is -0.462 e. The number of aromatic nitrogens is 3. The van der Waals surface area contributed by atoms with E-state index < -0.39 is 20.7 Å². The summed E-state index contributed by atoms with van der Waals surface area (Å²) < 4.78 is 30.0. The molecule has 0 spiro atoms. The third-order valence-corrected chi connectivity index (χ3v) is 6.77. The molecule has 1 aliphatic heterocycles. The molecule has 0 amide bonds. The minimum absolute atomic E-state index is 0.0199. The predicted octanol–water partition coefficient (Wildman–Crippen LogP) is 2.85. The smallest absolute Gasteiger partial charge is 0.340 e. The van der Waals surface area contributed by atoms with Crippen LogP contribution in [-0.2, 0) is 14.6 Å². The van der Waals surface area contributed by atoms with E-state index >= 15 is 0 Å². The van der Waals surface area contributed by atoms with E-state index in [1.54, 1.807) is 19.9 Å². The van der Waals surface area contributed by atoms with E-state index in [4.69, 9.17) is 16.3 Å². The number of hydrogen-bond donors (Lipinski definition) is 0. The van der Waals surface area contributed by atoms with Gasteiger partial charge in [-0.05, 0) is 32.4 Å². The van der Waals surface area contributed by atoms with Crippen molar-refractivity contribution in [2.45, 2.75) is 26.3 Å². The molecular formula is C18H19ClN4O6S. The molecule has 0 aliphatic carbocycles. The SMILES string of the molecule is CCOC(=O)c1cc([N+](=O)[O-])cnc1/C=C/c1c(C)nn([C@@H]2CCS(=O)(=O)C2)c1Cl. The molecule has 2 aromatic heterocycles. The lowest BCUT2D eigenvalue weighted by molar-refractivity contribution is -0.385. The van der Waals surface area contributed by atoms with Gasteiger partial charge >= 0.3 is 5.97 Å². The second kappa shape index (κ2) is 8.52. The Balaban J connectivity index is 1.96. The molecule has 2 aromatic rings. The summed E-state index contributed by atoms with van der Waals surface area (Å²) in [5.74, 6) is -0.662. The van der Waals surface area contributed by atoms with Crippen LogP contribution in [0, 0.1) is 17.0 Å². The van der Waals surface area contributed by atoms with Crippen LogP contribution >= 0.6 is 11.6 Å². The number of nitrogens with zero attached hydrogens (tertiary/aromatic N) is 4. The molecule has 0 saturated carbocycles. The summed E-state index contributed by atoms with van der Waals surface area (Å²) in [6, 6.07) is 0.766. The summed E-state index contributed by atoms with van der Waals surface area (Å²) >= 11 is 6.44. The Kier molecular flexibility index (Phi) is 6.22. The van der Waals surface area contributed by atoms with E-state index in [-0.39, 0.29) is 46.3 Å². The number of esters is 1. The molecule has 0 N–H and O–H groups in total. The summed E-state index contributed by atoms with van der Waals surface area (Å²) in [7, 11) is -3.10. The van der Waals surface area contributed by atoms with Crippen LogP contribution in [-0.4, -0.2) is 52.2 Å². The van der Waals surface area contributed by atoms with Gasteiger partial charge in [-0.1, -0.05) is 11.6 Å². The van der Waals surface area contributed by atoms with Gasteiger partial charge in [-0.2, -0.15) is 5.10 Å². The molecule has 1 saturated heterocycles. The van der Waals surface area contributed by atoms with Crippen LogP contribution in [0.1, 0.15) is 46.7 Å². The van der Waals surface area contributed by atoms with Gasteiger partial charge in [0.05, 0.1) is 46.0 Å². The van der Waals surface area contributed by atoms with Crippen LogP contribution in [0.25, 0.3) is 12.2 Å². The first-order valence-corrected chi connectivity index (χ1v) is 11.3. The van der Waals surface area contributed by atoms with Crippen LogP contribution in [0.2, 0.25) is 5.15 Å². The van der Waals surface area contributed by atoms with Gasteiger partial charge in [0.15, 0.2) is 9.84 Å². The molecule has 30 heavy (non-hydrogen) atoms. The number of sulfone groups is 1. The highest BCUT2D eigenvalue weighted by molar-refractivity contribution is 7.91. The van der Waals surface area contributed by atoms with Crippen molar-refractivity contribution in [3.05, 3.63) is 50.0 Å². The first-order chi connectivity index (χ1) is 14.1. The zero-order valence-corrected chi connectivity index (χ0v) is 17.8. The fourth-order valence-corrected chi connectivity index (χ4v) is 5.23. The van der Waals surface area contributed by atoms with Crippen molar-refractivity contribution >= 4 is 45.2 Å². The lowest BCUT2D eigenvalue weighted by Crippen LogP contribution is -2.12. The number of halogens is 1. The van der Waals surface area contributed by atoms with Gasteiger partial charge in [0.1, 0.15) is 11.3 Å². The highest BCUT2D eigenvalue weighted by atomic mass is 35.5. The molecule has 0 bridgehead atoms. The largest absolute Gasteiger partial charge is 0.462 e. The van der Waals surface area contributed by atoms with Gasteiger partial charge in [-0.3, -0.25) is 10.1 Å². The second-order valence-corrected chi connectivity index (χ2v) is 9.32. The number of carbonyl (C=O) groups excluding carboxylic acids is 1. The van der Waals surface area contributed by atoms with Crippen LogP contribution < -0.4 is 0 Å². The quantitative estimate of drug-likeness (QED) is 0.369. The molecule has 0 unspecified atom stereocenters. The van der Waals surface area contributed by atoms with Crippen molar-refractivity contribution in [3.8, 4) is 0 Å². The van der Waals surface area contributed by atoms with Gasteiger partial charge < -0.3 is 4.74 Å². The molecule has 10 nitrogen and oxygen atoms in total. The molecule has 1 fully saturated rings. The van der Waals surface area contributed by atoms with Gasteiger partial charge in [-0.15, -0.1) is 0 Å². The molecule has 0 aromatic carbocycles. The number of hydrogen-bond acceptors (Lipinski definition) is 8. The average Bonchev–Trinajstić information content (AvgIpc) is 3.18. The first kappa shape index (κ1) is 21.9. The minimum atomic E-state index is -3.10. The van der Waals surface area contributed by atoms with E-state index in [9.17, 15) is 23.3 Å². The Morgan fingerprint density at radius 2 is 2.20 bits per heavy atom. The van der Waals surface area contributed by atoms with Gasteiger partial charge in [0.2, 0.25) is 0 Å². The maximum atomic E-state index is 12.2. The van der Waals surface area contributed by atoms with E-state index in [1.165, 1.54) is 10.8 Å². The first-order valence-electron chi connectivity index (χ1n) is 9.07. The Hall–Kier alpha value is -2.79. The molecule has 3 heterocycles. The predicted molar refractivity (Wildman–Crippen MR) is 110 cm³/mol. The monoisotopic (exact) mass is 454 g/mol. The van der Waals surface area contributed by atoms with Crippen LogP contribution in [0.4, 0.5) is 5.69 Å². The van der Waals surface area contributed by atoms with Gasteiger partial charge in [0, 0.05) is 11.6 Å². The summed E-state index contributed by atoms with van der Waals surface area (Å²) in [4.78, 5) is 26.6. The van der Waals surface area contributed by atoms with Crippen molar-refractivity contribution in [1.29, 1.82) is 0 Å². The Labute approximate surface area is 177 Å². The van der Waals surface area contributed by atoms with E-state index in [0.717, 1.165) is 12.3 Å². The average molecular weight is 455 g/mol. The molecular weight excluding hydrogens is 436 g/mol. The van der Waals surface area contributed by atoms with Crippen LogP contribution in [0.3, 0.4) is 0 Å². The number of pyridine rings is 1. The Bertz CT molecular complexity index is 1140. The number of rotatable bonds is 6. The summed E-state index contributed by atoms with van der Waals surface area (Å²) in [6.45, 7) is 3.45.